The number of carbonyl (C=O) groups is 2. The van der Waals surface area contributed by atoms with Crippen LogP contribution in [0.4, 0.5) is 16.3 Å². The predicted molar refractivity (Wildman–Crippen MR) is 175 cm³/mol. The summed E-state index contributed by atoms with van der Waals surface area (Å²) in [5.41, 5.74) is 3.91. The first-order valence-electron chi connectivity index (χ1n) is 15.8. The zero-order valence-corrected chi connectivity index (χ0v) is 26.8. The van der Waals surface area contributed by atoms with Gasteiger partial charge in [-0.2, -0.15) is 10.2 Å². The van der Waals surface area contributed by atoms with Crippen LogP contribution >= 0.6 is 0 Å². The van der Waals surface area contributed by atoms with Crippen LogP contribution in [-0.4, -0.2) is 82.3 Å². The van der Waals surface area contributed by atoms with Gasteiger partial charge in [0.2, 0.25) is 5.91 Å². The highest BCUT2D eigenvalue weighted by atomic mass is 16.6. The van der Waals surface area contributed by atoms with Gasteiger partial charge in [0.15, 0.2) is 11.5 Å². The number of nitrogens with one attached hydrogen (secondary N) is 1. The Balaban J connectivity index is 1.00. The zero-order chi connectivity index (χ0) is 32.7. The molecule has 0 radical (unpaired) electrons. The molecule has 2 aliphatic heterocycles. The smallest absolute Gasteiger partial charge is 0.410 e. The van der Waals surface area contributed by atoms with E-state index in [1.54, 1.807) is 15.5 Å². The summed E-state index contributed by atoms with van der Waals surface area (Å²) in [6, 6.07) is 11.5. The summed E-state index contributed by atoms with van der Waals surface area (Å²) in [5, 5.41) is 12.0. The number of benzene rings is 1. The molecule has 2 fully saturated rings. The third-order valence-corrected chi connectivity index (χ3v) is 8.42. The molecule has 1 atom stereocenters. The molecule has 1 unspecified atom stereocenters. The number of likely N-dealkylation sites (tertiary alicyclic amines) is 2. The fraction of sp³-hybridized carbons (Fsp3) is 0.353. The number of hydrogen-bond acceptors (Lipinski definition) is 9. The van der Waals surface area contributed by atoms with Gasteiger partial charge in [-0.25, -0.2) is 23.8 Å². The average molecular weight is 636 g/mol. The van der Waals surface area contributed by atoms with E-state index in [1.807, 2.05) is 92.0 Å². The highest BCUT2D eigenvalue weighted by Crippen LogP contribution is 2.35. The van der Waals surface area contributed by atoms with Crippen molar-refractivity contribution in [2.75, 3.05) is 25.0 Å². The maximum atomic E-state index is 13.0. The monoisotopic (exact) mass is 635 g/mol. The third kappa shape index (κ3) is 6.33. The van der Waals surface area contributed by atoms with Crippen molar-refractivity contribution in [2.45, 2.75) is 58.1 Å². The van der Waals surface area contributed by atoms with Crippen LogP contribution in [0.25, 0.3) is 11.2 Å². The summed E-state index contributed by atoms with van der Waals surface area (Å²) in [6.07, 6.45) is 11.5. The summed E-state index contributed by atoms with van der Waals surface area (Å²) in [5.74, 6) is 2.17. The lowest BCUT2D eigenvalue weighted by molar-refractivity contribution is -0.130. The average Bonchev–Trinajstić information content (AvgIpc) is 3.76. The summed E-state index contributed by atoms with van der Waals surface area (Å²) in [4.78, 5) is 38.0. The number of carbonyl (C=O) groups excluding carboxylic acids is 2. The van der Waals surface area contributed by atoms with Crippen molar-refractivity contribution in [3.8, 4) is 11.5 Å². The first-order chi connectivity index (χ1) is 22.6. The Kier molecular flexibility index (Phi) is 7.74. The van der Waals surface area contributed by atoms with Crippen molar-refractivity contribution < 1.29 is 19.1 Å². The number of amides is 2. The molecule has 13 nitrogen and oxygen atoms in total. The molecule has 2 aliphatic rings. The molecule has 0 aliphatic carbocycles. The number of anilines is 2. The first-order valence-corrected chi connectivity index (χ1v) is 15.8. The van der Waals surface area contributed by atoms with Crippen LogP contribution in [-0.2, 0) is 9.53 Å². The van der Waals surface area contributed by atoms with Gasteiger partial charge in [0, 0.05) is 55.8 Å². The highest BCUT2D eigenvalue weighted by molar-refractivity contribution is 5.89. The third-order valence-electron chi connectivity index (χ3n) is 8.42. The number of rotatable bonds is 7. The van der Waals surface area contributed by atoms with Crippen molar-refractivity contribution in [3.63, 3.8) is 0 Å². The number of aromatic nitrogens is 6. The topological polar surface area (TPSA) is 131 Å². The van der Waals surface area contributed by atoms with Crippen LogP contribution in [0.1, 0.15) is 50.7 Å². The Morgan fingerprint density at radius 2 is 1.79 bits per heavy atom. The Hall–Kier alpha value is -5.46. The van der Waals surface area contributed by atoms with Crippen LogP contribution in [0, 0.1) is 6.92 Å². The van der Waals surface area contributed by atoms with Crippen LogP contribution in [0.2, 0.25) is 0 Å². The van der Waals surface area contributed by atoms with E-state index in [0.29, 0.717) is 36.8 Å². The van der Waals surface area contributed by atoms with Gasteiger partial charge in [-0.15, -0.1) is 0 Å². The van der Waals surface area contributed by atoms with Crippen LogP contribution in [0.3, 0.4) is 0 Å². The van der Waals surface area contributed by atoms with Gasteiger partial charge in [0.25, 0.3) is 0 Å². The molecule has 0 spiro atoms. The van der Waals surface area contributed by atoms with E-state index in [2.05, 4.69) is 25.5 Å². The maximum absolute atomic E-state index is 13.0. The number of fused-ring (bicyclic) bond motifs is 2. The van der Waals surface area contributed by atoms with Crippen molar-refractivity contribution in [2.24, 2.45) is 0 Å². The van der Waals surface area contributed by atoms with Gasteiger partial charge >= 0.3 is 6.09 Å². The minimum Gasteiger partial charge on any atom is -0.457 e. The molecule has 0 saturated carbocycles. The SMILES string of the molecule is Cc1cc(Nc2ncnn3ccc(C4CN(C(=O)/C=C/C5CCCN5C(=O)OC(C)(C)C)C4)c23)ccc1Oc1ccn2ncnc2c1. The zero-order valence-electron chi connectivity index (χ0n) is 26.8. The van der Waals surface area contributed by atoms with E-state index >= 15 is 0 Å². The summed E-state index contributed by atoms with van der Waals surface area (Å²) in [6.45, 7) is 9.36. The molecular formula is C34H37N9O4. The molecular weight excluding hydrogens is 598 g/mol. The van der Waals surface area contributed by atoms with Crippen LogP contribution in [0.15, 0.2) is 73.6 Å². The molecule has 242 valence electrons. The van der Waals surface area contributed by atoms with Gasteiger partial charge in [0.05, 0.1) is 6.04 Å². The minimum absolute atomic E-state index is 0.0606. The van der Waals surface area contributed by atoms with E-state index in [1.165, 1.54) is 12.7 Å². The van der Waals surface area contributed by atoms with Gasteiger partial charge in [0.1, 0.15) is 35.3 Å². The van der Waals surface area contributed by atoms with Crippen LogP contribution < -0.4 is 10.1 Å². The lowest BCUT2D eigenvalue weighted by Crippen LogP contribution is -2.48. The standard InChI is InChI=1S/C34H37N9O4/c1-22-16-24(7-9-28(22)46-26-11-14-42-29(17-26)35-20-37-42)39-32-31-27(12-15-43(31)38-21-36-32)23-18-40(19-23)30(44)10-8-25-6-5-13-41(25)33(45)47-34(2,3)4/h7-12,14-17,20-21,23,25H,5-6,13,18-19H2,1-4H3,(H,36,38,39)/b10-8+. The van der Waals surface area contributed by atoms with E-state index in [0.717, 1.165) is 40.9 Å². The fourth-order valence-electron chi connectivity index (χ4n) is 6.06. The van der Waals surface area contributed by atoms with Crippen LogP contribution in [0.5, 0.6) is 11.5 Å². The molecule has 0 bridgehead atoms. The molecule has 2 saturated heterocycles. The number of aryl methyl sites for hydroxylation is 1. The normalized spacial score (nSPS) is 17.1. The first kappa shape index (κ1) is 30.2. The molecule has 6 heterocycles. The molecule has 47 heavy (non-hydrogen) atoms. The second-order valence-electron chi connectivity index (χ2n) is 13.0. The molecule has 2 amide bonds. The number of hydrogen-bond donors (Lipinski definition) is 1. The molecule has 4 aromatic heterocycles. The minimum atomic E-state index is -0.561. The highest BCUT2D eigenvalue weighted by Gasteiger charge is 2.34. The Morgan fingerprint density at radius 1 is 1.00 bits per heavy atom. The molecule has 1 aromatic carbocycles. The molecule has 5 aromatic rings. The number of pyridine rings is 1. The fourth-order valence-corrected chi connectivity index (χ4v) is 6.06. The Labute approximate surface area is 271 Å². The molecule has 7 rings (SSSR count). The van der Waals surface area contributed by atoms with E-state index in [9.17, 15) is 9.59 Å². The summed E-state index contributed by atoms with van der Waals surface area (Å²) >= 11 is 0. The Bertz CT molecular complexity index is 1990. The van der Waals surface area contributed by atoms with Gasteiger partial charge < -0.3 is 24.6 Å². The van der Waals surface area contributed by atoms with Gasteiger partial charge in [-0.1, -0.05) is 6.08 Å². The van der Waals surface area contributed by atoms with Crippen molar-refractivity contribution in [1.82, 2.24) is 39.0 Å². The predicted octanol–water partition coefficient (Wildman–Crippen LogP) is 5.50. The second-order valence-corrected chi connectivity index (χ2v) is 13.0. The molecule has 1 N–H and O–H groups in total. The quantitative estimate of drug-likeness (QED) is 0.230. The lowest BCUT2D eigenvalue weighted by atomic mass is 9.92. The maximum Gasteiger partial charge on any atom is 0.410 e. The summed E-state index contributed by atoms with van der Waals surface area (Å²) < 4.78 is 15.2. The van der Waals surface area contributed by atoms with Crippen molar-refractivity contribution in [3.05, 3.63) is 84.7 Å². The van der Waals surface area contributed by atoms with E-state index in [-0.39, 0.29) is 24.0 Å². The largest absolute Gasteiger partial charge is 0.457 e. The van der Waals surface area contributed by atoms with Crippen molar-refractivity contribution in [1.29, 1.82) is 0 Å². The lowest BCUT2D eigenvalue weighted by Gasteiger charge is -2.38. The van der Waals surface area contributed by atoms with Gasteiger partial charge in [-0.05, 0) is 82.0 Å². The van der Waals surface area contributed by atoms with Crippen molar-refractivity contribution >= 4 is 34.7 Å². The molecule has 13 heteroatoms. The number of ether oxygens (including phenoxy) is 2. The summed E-state index contributed by atoms with van der Waals surface area (Å²) in [7, 11) is 0. The second kappa shape index (κ2) is 12.0. The van der Waals surface area contributed by atoms with E-state index < -0.39 is 5.60 Å². The van der Waals surface area contributed by atoms with Gasteiger partial charge in [-0.3, -0.25) is 4.79 Å². The number of nitrogens with zero attached hydrogens (tertiary/aromatic N) is 8. The Morgan fingerprint density at radius 3 is 2.60 bits per heavy atom. The van der Waals surface area contributed by atoms with E-state index in [4.69, 9.17) is 9.47 Å².